The Morgan fingerprint density at radius 2 is 1.83 bits per heavy atom. The Bertz CT molecular complexity index is 1170. The number of primary sulfonamides is 1. The smallest absolute Gasteiger partial charge is 0.255 e. The molecule has 1 aromatic heterocycles. The summed E-state index contributed by atoms with van der Waals surface area (Å²) in [5.41, 5.74) is 3.86. The van der Waals surface area contributed by atoms with Crippen LogP contribution in [-0.2, 0) is 16.6 Å². The second-order valence-electron chi connectivity index (χ2n) is 6.74. The molecule has 29 heavy (non-hydrogen) atoms. The number of sulfonamides is 1. The first-order chi connectivity index (χ1) is 13.6. The number of aryl methyl sites for hydroxylation is 1. The van der Waals surface area contributed by atoms with E-state index < -0.39 is 10.0 Å². The van der Waals surface area contributed by atoms with Gasteiger partial charge in [-0.1, -0.05) is 18.2 Å². The number of hydrogen-bond donors (Lipinski definition) is 1. The highest BCUT2D eigenvalue weighted by atomic mass is 79.9. The molecule has 0 aliphatic rings. The van der Waals surface area contributed by atoms with E-state index in [4.69, 9.17) is 5.14 Å². The first kappa shape index (κ1) is 21.2. The van der Waals surface area contributed by atoms with Gasteiger partial charge in [-0.15, -0.1) is 0 Å². The lowest BCUT2D eigenvalue weighted by Crippen LogP contribution is -2.27. The maximum absolute atomic E-state index is 13.0. The lowest BCUT2D eigenvalue weighted by Gasteiger charge is -2.19. The molecule has 1 heterocycles. The number of carbonyl (C=O) groups excluding carboxylic acids is 1. The zero-order chi connectivity index (χ0) is 21.3. The Balaban J connectivity index is 1.91. The second-order valence-corrected chi connectivity index (χ2v) is 9.16. The molecule has 0 aliphatic heterocycles. The standard InChI is InChI=1S/C20H21BrN4O3S/c1-13-18(14(2)25(23-13)15-7-5-4-6-8-15)12-24(3)20(26)17-11-16(29(22,27)28)9-10-19(17)21/h4-11H,12H2,1-3H3,(H2,22,27,28). The van der Waals surface area contributed by atoms with Crippen LogP contribution >= 0.6 is 15.9 Å². The summed E-state index contributed by atoms with van der Waals surface area (Å²) >= 11 is 3.32. The zero-order valence-electron chi connectivity index (χ0n) is 16.3. The minimum atomic E-state index is -3.91. The number of nitrogens with two attached hydrogens (primary N) is 1. The predicted octanol–water partition coefficient (Wildman–Crippen LogP) is 3.17. The van der Waals surface area contributed by atoms with E-state index in [-0.39, 0.29) is 16.4 Å². The van der Waals surface area contributed by atoms with Gasteiger partial charge >= 0.3 is 0 Å². The highest BCUT2D eigenvalue weighted by molar-refractivity contribution is 9.10. The van der Waals surface area contributed by atoms with Crippen molar-refractivity contribution in [2.75, 3.05) is 7.05 Å². The van der Waals surface area contributed by atoms with E-state index in [0.29, 0.717) is 11.0 Å². The van der Waals surface area contributed by atoms with Crippen LogP contribution in [0.4, 0.5) is 0 Å². The Morgan fingerprint density at radius 1 is 1.17 bits per heavy atom. The molecule has 1 amide bonds. The number of benzene rings is 2. The van der Waals surface area contributed by atoms with Crippen molar-refractivity contribution in [2.45, 2.75) is 25.3 Å². The van der Waals surface area contributed by atoms with Gasteiger partial charge in [-0.2, -0.15) is 5.10 Å². The SMILES string of the molecule is Cc1nn(-c2ccccc2)c(C)c1CN(C)C(=O)c1cc(S(N)(=O)=O)ccc1Br. The molecule has 0 aliphatic carbocycles. The van der Waals surface area contributed by atoms with Crippen LogP contribution in [0, 0.1) is 13.8 Å². The van der Waals surface area contributed by atoms with Gasteiger partial charge in [0.15, 0.2) is 0 Å². The first-order valence-electron chi connectivity index (χ1n) is 8.78. The van der Waals surface area contributed by atoms with Gasteiger partial charge in [-0.3, -0.25) is 4.79 Å². The zero-order valence-corrected chi connectivity index (χ0v) is 18.7. The number of halogens is 1. The van der Waals surface area contributed by atoms with Crippen LogP contribution in [-0.4, -0.2) is 36.1 Å². The third-order valence-corrected chi connectivity index (χ3v) is 6.28. The normalized spacial score (nSPS) is 11.5. The summed E-state index contributed by atoms with van der Waals surface area (Å²) in [6.07, 6.45) is 0. The molecule has 0 saturated carbocycles. The molecule has 2 aromatic carbocycles. The van der Waals surface area contributed by atoms with Crippen molar-refractivity contribution in [1.82, 2.24) is 14.7 Å². The molecule has 152 valence electrons. The number of para-hydroxylation sites is 1. The van der Waals surface area contributed by atoms with Gasteiger partial charge in [0.25, 0.3) is 5.91 Å². The van der Waals surface area contributed by atoms with Crippen molar-refractivity contribution in [2.24, 2.45) is 5.14 Å². The highest BCUT2D eigenvalue weighted by Gasteiger charge is 2.21. The highest BCUT2D eigenvalue weighted by Crippen LogP contribution is 2.24. The number of nitrogens with zero attached hydrogens (tertiary/aromatic N) is 3. The van der Waals surface area contributed by atoms with Crippen molar-refractivity contribution >= 4 is 31.9 Å². The minimum Gasteiger partial charge on any atom is -0.337 e. The van der Waals surface area contributed by atoms with E-state index in [1.54, 1.807) is 7.05 Å². The minimum absolute atomic E-state index is 0.110. The molecule has 3 rings (SSSR count). The topological polar surface area (TPSA) is 98.3 Å². The van der Waals surface area contributed by atoms with Crippen LogP contribution in [0.15, 0.2) is 57.9 Å². The van der Waals surface area contributed by atoms with Crippen molar-refractivity contribution in [3.8, 4) is 5.69 Å². The molecule has 0 atom stereocenters. The molecule has 7 nitrogen and oxygen atoms in total. The number of amides is 1. The number of carbonyl (C=O) groups is 1. The van der Waals surface area contributed by atoms with E-state index in [0.717, 1.165) is 22.6 Å². The molecule has 2 N–H and O–H groups in total. The van der Waals surface area contributed by atoms with Crippen molar-refractivity contribution in [1.29, 1.82) is 0 Å². The Hall–Kier alpha value is -2.49. The number of hydrogen-bond acceptors (Lipinski definition) is 4. The summed E-state index contributed by atoms with van der Waals surface area (Å²) in [4.78, 5) is 14.4. The quantitative estimate of drug-likeness (QED) is 0.611. The van der Waals surface area contributed by atoms with Gasteiger partial charge in [0.05, 0.1) is 21.8 Å². The predicted molar refractivity (Wildman–Crippen MR) is 114 cm³/mol. The summed E-state index contributed by atoms with van der Waals surface area (Å²) < 4.78 is 25.6. The van der Waals surface area contributed by atoms with Crippen LogP contribution < -0.4 is 5.14 Å². The molecule has 0 radical (unpaired) electrons. The molecule has 9 heteroatoms. The fourth-order valence-electron chi connectivity index (χ4n) is 3.08. The van der Waals surface area contributed by atoms with Gasteiger partial charge in [0.1, 0.15) is 0 Å². The van der Waals surface area contributed by atoms with Crippen LogP contribution in [0.5, 0.6) is 0 Å². The number of aromatic nitrogens is 2. The second kappa shape index (κ2) is 8.10. The largest absolute Gasteiger partial charge is 0.337 e. The lowest BCUT2D eigenvalue weighted by atomic mass is 10.1. The third kappa shape index (κ3) is 4.42. The Labute approximate surface area is 178 Å². The Morgan fingerprint density at radius 3 is 2.45 bits per heavy atom. The average Bonchev–Trinajstić information content (AvgIpc) is 2.95. The maximum Gasteiger partial charge on any atom is 0.255 e. The fraction of sp³-hybridized carbons (Fsp3) is 0.200. The summed E-state index contributed by atoms with van der Waals surface area (Å²) in [7, 11) is -2.24. The van der Waals surface area contributed by atoms with Crippen LogP contribution in [0.3, 0.4) is 0 Å². The van der Waals surface area contributed by atoms with E-state index in [2.05, 4.69) is 21.0 Å². The van der Waals surface area contributed by atoms with Crippen LogP contribution in [0.25, 0.3) is 5.69 Å². The van der Waals surface area contributed by atoms with Gasteiger partial charge < -0.3 is 4.90 Å². The summed E-state index contributed by atoms with van der Waals surface area (Å²) in [6, 6.07) is 13.9. The van der Waals surface area contributed by atoms with Crippen molar-refractivity contribution in [3.63, 3.8) is 0 Å². The van der Waals surface area contributed by atoms with E-state index in [9.17, 15) is 13.2 Å². The van der Waals surface area contributed by atoms with Gasteiger partial charge in [0.2, 0.25) is 10.0 Å². The van der Waals surface area contributed by atoms with Gasteiger partial charge in [-0.25, -0.2) is 18.2 Å². The maximum atomic E-state index is 13.0. The van der Waals surface area contributed by atoms with Gasteiger partial charge in [-0.05, 0) is 60.1 Å². The van der Waals surface area contributed by atoms with Crippen LogP contribution in [0.2, 0.25) is 0 Å². The average molecular weight is 477 g/mol. The van der Waals surface area contributed by atoms with E-state index >= 15 is 0 Å². The monoisotopic (exact) mass is 476 g/mol. The molecule has 0 fully saturated rings. The molecule has 0 bridgehead atoms. The first-order valence-corrected chi connectivity index (χ1v) is 11.1. The molecule has 0 saturated heterocycles. The molecule has 3 aromatic rings. The third-order valence-electron chi connectivity index (χ3n) is 4.68. The molecule has 0 unspecified atom stereocenters. The lowest BCUT2D eigenvalue weighted by molar-refractivity contribution is 0.0783. The molecular formula is C20H21BrN4O3S. The van der Waals surface area contributed by atoms with E-state index in [1.165, 1.54) is 23.1 Å². The number of rotatable bonds is 5. The molecular weight excluding hydrogens is 456 g/mol. The molecule has 0 spiro atoms. The van der Waals surface area contributed by atoms with E-state index in [1.807, 2.05) is 48.9 Å². The van der Waals surface area contributed by atoms with Gasteiger partial charge in [0, 0.05) is 29.3 Å². The fourth-order valence-corrected chi connectivity index (χ4v) is 4.04. The van der Waals surface area contributed by atoms with Crippen molar-refractivity contribution in [3.05, 3.63) is 75.5 Å². The van der Waals surface area contributed by atoms with Crippen LogP contribution in [0.1, 0.15) is 27.3 Å². The summed E-state index contributed by atoms with van der Waals surface area (Å²) in [6.45, 7) is 4.19. The summed E-state index contributed by atoms with van der Waals surface area (Å²) in [5, 5.41) is 9.80. The Kier molecular flexibility index (Phi) is 5.92. The summed E-state index contributed by atoms with van der Waals surface area (Å²) in [5.74, 6) is -0.325. The van der Waals surface area contributed by atoms with Crippen molar-refractivity contribution < 1.29 is 13.2 Å².